The van der Waals surface area contributed by atoms with Gasteiger partial charge in [-0.2, -0.15) is 0 Å². The first-order valence-corrected chi connectivity index (χ1v) is 4.81. The third-order valence-corrected chi connectivity index (χ3v) is 2.84. The molecule has 13 heavy (non-hydrogen) atoms. The highest BCUT2D eigenvalue weighted by Gasteiger charge is 2.25. The molecular formula is C11H15NO. The molecule has 1 aromatic rings. The van der Waals surface area contributed by atoms with Gasteiger partial charge in [-0.25, -0.2) is 0 Å². The van der Waals surface area contributed by atoms with Crippen molar-refractivity contribution in [2.75, 3.05) is 5.32 Å². The molecule has 2 nitrogen and oxygen atoms in total. The molecule has 0 aliphatic heterocycles. The van der Waals surface area contributed by atoms with E-state index < -0.39 is 0 Å². The van der Waals surface area contributed by atoms with Gasteiger partial charge in [0.15, 0.2) is 0 Å². The minimum Gasteiger partial charge on any atom is -0.508 e. The van der Waals surface area contributed by atoms with Crippen LogP contribution in [0.25, 0.3) is 0 Å². The topological polar surface area (TPSA) is 32.3 Å². The largest absolute Gasteiger partial charge is 0.508 e. The van der Waals surface area contributed by atoms with Crippen LogP contribution in [-0.2, 0) is 0 Å². The van der Waals surface area contributed by atoms with E-state index in [2.05, 4.69) is 12.2 Å². The second-order valence-corrected chi connectivity index (χ2v) is 3.85. The van der Waals surface area contributed by atoms with Gasteiger partial charge in [-0.1, -0.05) is 6.92 Å². The molecule has 1 aromatic carbocycles. The molecule has 2 rings (SSSR count). The summed E-state index contributed by atoms with van der Waals surface area (Å²) in [6, 6.07) is 7.89. The molecule has 0 heterocycles. The highest BCUT2D eigenvalue weighted by molar-refractivity contribution is 5.47. The van der Waals surface area contributed by atoms with E-state index in [1.807, 2.05) is 12.1 Å². The van der Waals surface area contributed by atoms with Crippen molar-refractivity contribution in [2.24, 2.45) is 5.92 Å². The Hall–Kier alpha value is -1.18. The van der Waals surface area contributed by atoms with Crippen LogP contribution in [0.3, 0.4) is 0 Å². The molecule has 1 saturated carbocycles. The highest BCUT2D eigenvalue weighted by Crippen LogP contribution is 2.29. The van der Waals surface area contributed by atoms with Crippen LogP contribution in [0.2, 0.25) is 0 Å². The number of benzene rings is 1. The fourth-order valence-electron chi connectivity index (χ4n) is 1.65. The van der Waals surface area contributed by atoms with Gasteiger partial charge in [-0.15, -0.1) is 0 Å². The Balaban J connectivity index is 1.98. The maximum Gasteiger partial charge on any atom is 0.115 e. The first-order chi connectivity index (χ1) is 6.25. The van der Waals surface area contributed by atoms with Gasteiger partial charge in [0.05, 0.1) is 0 Å². The molecule has 2 heteroatoms. The Kier molecular flexibility index (Phi) is 2.13. The van der Waals surface area contributed by atoms with Crippen molar-refractivity contribution in [3.05, 3.63) is 24.3 Å². The Bertz CT molecular complexity index is 281. The molecule has 2 N–H and O–H groups in total. The summed E-state index contributed by atoms with van der Waals surface area (Å²) in [4.78, 5) is 0. The van der Waals surface area contributed by atoms with E-state index >= 15 is 0 Å². The number of phenols is 1. The number of hydrogen-bond donors (Lipinski definition) is 2. The zero-order chi connectivity index (χ0) is 9.26. The Morgan fingerprint density at radius 2 is 1.92 bits per heavy atom. The van der Waals surface area contributed by atoms with Crippen molar-refractivity contribution >= 4 is 5.69 Å². The molecule has 70 valence electrons. The zero-order valence-electron chi connectivity index (χ0n) is 7.83. The van der Waals surface area contributed by atoms with E-state index in [1.165, 1.54) is 12.8 Å². The minimum absolute atomic E-state index is 0.326. The van der Waals surface area contributed by atoms with Gasteiger partial charge in [-0.05, 0) is 43.0 Å². The molecule has 0 radical (unpaired) electrons. The summed E-state index contributed by atoms with van der Waals surface area (Å²) in [6.45, 7) is 2.27. The summed E-state index contributed by atoms with van der Waals surface area (Å²) < 4.78 is 0. The second-order valence-electron chi connectivity index (χ2n) is 3.85. The van der Waals surface area contributed by atoms with E-state index in [0.717, 1.165) is 11.6 Å². The smallest absolute Gasteiger partial charge is 0.115 e. The second kappa shape index (κ2) is 3.29. The van der Waals surface area contributed by atoms with Gasteiger partial charge in [0.1, 0.15) is 5.75 Å². The molecule has 0 amide bonds. The summed E-state index contributed by atoms with van der Waals surface area (Å²) in [7, 11) is 0. The molecule has 0 aromatic heterocycles. The summed E-state index contributed by atoms with van der Waals surface area (Å²) in [5.74, 6) is 1.11. The van der Waals surface area contributed by atoms with Crippen molar-refractivity contribution in [3.63, 3.8) is 0 Å². The predicted octanol–water partition coefficient (Wildman–Crippen LogP) is 2.60. The van der Waals surface area contributed by atoms with Crippen molar-refractivity contribution in [3.8, 4) is 5.75 Å². The lowest BCUT2D eigenvalue weighted by molar-refractivity contribution is 0.303. The highest BCUT2D eigenvalue weighted by atomic mass is 16.3. The summed E-state index contributed by atoms with van der Waals surface area (Å²) >= 11 is 0. The van der Waals surface area contributed by atoms with Gasteiger partial charge >= 0.3 is 0 Å². The van der Waals surface area contributed by atoms with Crippen LogP contribution in [0.5, 0.6) is 5.75 Å². The summed E-state index contributed by atoms with van der Waals surface area (Å²) in [6.07, 6.45) is 2.60. The fourth-order valence-corrected chi connectivity index (χ4v) is 1.65. The van der Waals surface area contributed by atoms with Gasteiger partial charge in [0, 0.05) is 11.7 Å². The first kappa shape index (κ1) is 8.42. The predicted molar refractivity (Wildman–Crippen MR) is 53.9 cm³/mol. The third-order valence-electron chi connectivity index (χ3n) is 2.84. The molecule has 2 atom stereocenters. The SMILES string of the molecule is CC1CCC1Nc1ccc(O)cc1. The Morgan fingerprint density at radius 3 is 2.38 bits per heavy atom. The minimum atomic E-state index is 0.326. The lowest BCUT2D eigenvalue weighted by atomic mass is 9.81. The lowest BCUT2D eigenvalue weighted by Gasteiger charge is -2.35. The van der Waals surface area contributed by atoms with Crippen LogP contribution in [0.4, 0.5) is 5.69 Å². The van der Waals surface area contributed by atoms with Gasteiger partial charge in [-0.3, -0.25) is 0 Å². The maximum atomic E-state index is 9.09. The van der Waals surface area contributed by atoms with Gasteiger partial charge in [0.25, 0.3) is 0 Å². The average Bonchev–Trinajstić information content (AvgIpc) is 2.15. The molecule has 2 unspecified atom stereocenters. The molecule has 0 saturated heterocycles. The van der Waals surface area contributed by atoms with Crippen molar-refractivity contribution in [1.29, 1.82) is 0 Å². The van der Waals surface area contributed by atoms with Crippen molar-refractivity contribution in [2.45, 2.75) is 25.8 Å². The van der Waals surface area contributed by atoms with E-state index in [1.54, 1.807) is 12.1 Å². The Labute approximate surface area is 78.6 Å². The monoisotopic (exact) mass is 177 g/mol. The fraction of sp³-hybridized carbons (Fsp3) is 0.455. The number of aromatic hydroxyl groups is 1. The van der Waals surface area contributed by atoms with Crippen molar-refractivity contribution < 1.29 is 5.11 Å². The van der Waals surface area contributed by atoms with Crippen LogP contribution < -0.4 is 5.32 Å². The van der Waals surface area contributed by atoms with Crippen molar-refractivity contribution in [1.82, 2.24) is 0 Å². The number of nitrogens with one attached hydrogen (secondary N) is 1. The number of hydrogen-bond acceptors (Lipinski definition) is 2. The van der Waals surface area contributed by atoms with Gasteiger partial charge in [0.2, 0.25) is 0 Å². The molecule has 1 aliphatic rings. The van der Waals surface area contributed by atoms with Crippen LogP contribution in [0, 0.1) is 5.92 Å². The standard InChI is InChI=1S/C11H15NO/c1-8-2-7-11(8)12-9-3-5-10(13)6-4-9/h3-6,8,11-13H,2,7H2,1H3. The normalized spacial score (nSPS) is 26.5. The quantitative estimate of drug-likeness (QED) is 0.680. The number of anilines is 1. The van der Waals surface area contributed by atoms with E-state index in [9.17, 15) is 0 Å². The van der Waals surface area contributed by atoms with E-state index in [-0.39, 0.29) is 0 Å². The molecule has 1 fully saturated rings. The van der Waals surface area contributed by atoms with Gasteiger partial charge < -0.3 is 10.4 Å². The summed E-state index contributed by atoms with van der Waals surface area (Å²) in [5.41, 5.74) is 1.11. The Morgan fingerprint density at radius 1 is 1.23 bits per heavy atom. The van der Waals surface area contributed by atoms with Crippen LogP contribution in [-0.4, -0.2) is 11.1 Å². The van der Waals surface area contributed by atoms with Crippen LogP contribution >= 0.6 is 0 Å². The van der Waals surface area contributed by atoms with E-state index in [0.29, 0.717) is 11.8 Å². The summed E-state index contributed by atoms with van der Waals surface area (Å²) in [5, 5.41) is 12.5. The third kappa shape index (κ3) is 1.77. The van der Waals surface area contributed by atoms with E-state index in [4.69, 9.17) is 5.11 Å². The average molecular weight is 177 g/mol. The maximum absolute atomic E-state index is 9.09. The number of phenolic OH excluding ortho intramolecular Hbond substituents is 1. The lowest BCUT2D eigenvalue weighted by Crippen LogP contribution is -2.36. The van der Waals surface area contributed by atoms with Crippen LogP contribution in [0.15, 0.2) is 24.3 Å². The molecule has 1 aliphatic carbocycles. The molecular weight excluding hydrogens is 162 g/mol. The van der Waals surface area contributed by atoms with Crippen LogP contribution in [0.1, 0.15) is 19.8 Å². The first-order valence-electron chi connectivity index (χ1n) is 4.81. The number of rotatable bonds is 2. The molecule has 0 bridgehead atoms. The zero-order valence-corrected chi connectivity index (χ0v) is 7.83. The molecule has 0 spiro atoms.